The SMILES string of the molecule is CCOC(=O)c1c(NC(=S)NC(=O)c2ccc(C(C)(C)C)c(Br)c2)sc2c1CCCC2. The lowest BCUT2D eigenvalue weighted by atomic mass is 9.86. The van der Waals surface area contributed by atoms with E-state index in [1.807, 2.05) is 6.07 Å². The maximum absolute atomic E-state index is 12.7. The predicted molar refractivity (Wildman–Crippen MR) is 133 cm³/mol. The molecule has 0 radical (unpaired) electrons. The van der Waals surface area contributed by atoms with E-state index >= 15 is 0 Å². The summed E-state index contributed by atoms with van der Waals surface area (Å²) in [5.74, 6) is -0.655. The summed E-state index contributed by atoms with van der Waals surface area (Å²) >= 11 is 10.5. The number of ether oxygens (including phenoxy) is 1. The van der Waals surface area contributed by atoms with Gasteiger partial charge in [-0.2, -0.15) is 0 Å². The Kier molecular flexibility index (Phi) is 7.55. The molecule has 2 aromatic rings. The number of hydrogen-bond acceptors (Lipinski definition) is 5. The van der Waals surface area contributed by atoms with Gasteiger partial charge in [-0.1, -0.05) is 42.8 Å². The second kappa shape index (κ2) is 9.79. The third kappa shape index (κ3) is 5.54. The summed E-state index contributed by atoms with van der Waals surface area (Å²) in [6, 6.07) is 5.53. The number of aryl methyl sites for hydroxylation is 1. The molecule has 1 heterocycles. The number of hydrogen-bond donors (Lipinski definition) is 2. The molecule has 0 spiro atoms. The number of halogens is 1. The van der Waals surface area contributed by atoms with Crippen molar-refractivity contribution in [2.45, 2.75) is 58.8 Å². The number of anilines is 1. The highest BCUT2D eigenvalue weighted by molar-refractivity contribution is 9.10. The molecule has 1 amide bonds. The molecule has 0 unspecified atom stereocenters. The monoisotopic (exact) mass is 522 g/mol. The molecule has 166 valence electrons. The molecule has 0 bridgehead atoms. The van der Waals surface area contributed by atoms with Crippen molar-refractivity contribution in [1.29, 1.82) is 0 Å². The van der Waals surface area contributed by atoms with Crippen LogP contribution in [0.15, 0.2) is 22.7 Å². The maximum Gasteiger partial charge on any atom is 0.341 e. The van der Waals surface area contributed by atoms with Gasteiger partial charge in [0.15, 0.2) is 5.11 Å². The van der Waals surface area contributed by atoms with Crippen molar-refractivity contribution in [3.8, 4) is 0 Å². The number of carbonyl (C=O) groups is 2. The minimum absolute atomic E-state index is 0.0352. The van der Waals surface area contributed by atoms with Crippen molar-refractivity contribution in [2.24, 2.45) is 0 Å². The largest absolute Gasteiger partial charge is 0.462 e. The van der Waals surface area contributed by atoms with E-state index in [4.69, 9.17) is 17.0 Å². The van der Waals surface area contributed by atoms with E-state index in [0.717, 1.165) is 41.3 Å². The number of benzene rings is 1. The number of amides is 1. The van der Waals surface area contributed by atoms with Crippen molar-refractivity contribution in [1.82, 2.24) is 5.32 Å². The van der Waals surface area contributed by atoms with Gasteiger partial charge in [0.1, 0.15) is 5.00 Å². The summed E-state index contributed by atoms with van der Waals surface area (Å²) < 4.78 is 6.15. The normalized spacial score (nSPS) is 13.3. The van der Waals surface area contributed by atoms with Crippen molar-refractivity contribution in [2.75, 3.05) is 11.9 Å². The van der Waals surface area contributed by atoms with E-state index in [-0.39, 0.29) is 22.4 Å². The maximum atomic E-state index is 12.7. The van der Waals surface area contributed by atoms with Crippen LogP contribution < -0.4 is 10.6 Å². The molecule has 0 fully saturated rings. The van der Waals surface area contributed by atoms with Gasteiger partial charge in [0.25, 0.3) is 5.91 Å². The summed E-state index contributed by atoms with van der Waals surface area (Å²) in [7, 11) is 0. The molecule has 1 aliphatic carbocycles. The van der Waals surface area contributed by atoms with Crippen LogP contribution in [0.1, 0.15) is 77.3 Å². The van der Waals surface area contributed by atoms with Crippen LogP contribution in [-0.4, -0.2) is 23.6 Å². The van der Waals surface area contributed by atoms with E-state index in [1.165, 1.54) is 16.2 Å². The highest BCUT2D eigenvalue weighted by atomic mass is 79.9. The Hall–Kier alpha value is -1.77. The Morgan fingerprint density at radius 2 is 1.94 bits per heavy atom. The summed E-state index contributed by atoms with van der Waals surface area (Å²) in [5.41, 5.74) is 3.18. The van der Waals surface area contributed by atoms with Crippen LogP contribution in [0, 0.1) is 0 Å². The summed E-state index contributed by atoms with van der Waals surface area (Å²) in [5, 5.41) is 6.58. The first-order valence-corrected chi connectivity index (χ1v) is 12.4. The molecule has 3 rings (SSSR count). The molecule has 1 aromatic carbocycles. The molecule has 1 aromatic heterocycles. The van der Waals surface area contributed by atoms with Gasteiger partial charge < -0.3 is 10.1 Å². The van der Waals surface area contributed by atoms with Crippen molar-refractivity contribution in [3.63, 3.8) is 0 Å². The first-order chi connectivity index (χ1) is 14.6. The first kappa shape index (κ1) is 23.9. The van der Waals surface area contributed by atoms with E-state index in [2.05, 4.69) is 47.3 Å². The smallest absolute Gasteiger partial charge is 0.341 e. The molecule has 31 heavy (non-hydrogen) atoms. The molecule has 1 aliphatic rings. The number of nitrogens with one attached hydrogen (secondary N) is 2. The number of esters is 1. The van der Waals surface area contributed by atoms with Crippen LogP contribution in [0.2, 0.25) is 0 Å². The van der Waals surface area contributed by atoms with Gasteiger partial charge >= 0.3 is 5.97 Å². The zero-order valence-corrected chi connectivity index (χ0v) is 21.4. The molecular weight excluding hydrogens is 496 g/mol. The minimum atomic E-state index is -0.347. The van der Waals surface area contributed by atoms with E-state index < -0.39 is 0 Å². The average Bonchev–Trinajstić information content (AvgIpc) is 3.04. The first-order valence-electron chi connectivity index (χ1n) is 10.4. The number of carbonyl (C=O) groups excluding carboxylic acids is 2. The van der Waals surface area contributed by atoms with Gasteiger partial charge in [-0.25, -0.2) is 4.79 Å². The number of rotatable bonds is 4. The standard InChI is InChI=1S/C23H27BrN2O3S2/c1-5-29-21(28)18-14-8-6-7-9-17(14)31-20(18)26-22(30)25-19(27)13-10-11-15(16(24)12-13)23(2,3)4/h10-12H,5-9H2,1-4H3,(H2,25,26,27,30). The van der Waals surface area contributed by atoms with Crippen LogP contribution >= 0.6 is 39.5 Å². The predicted octanol–water partition coefficient (Wildman–Crippen LogP) is 5.99. The Balaban J connectivity index is 1.76. The van der Waals surface area contributed by atoms with Gasteiger partial charge in [-0.15, -0.1) is 11.3 Å². The second-order valence-electron chi connectivity index (χ2n) is 8.49. The minimum Gasteiger partial charge on any atom is -0.462 e. The Morgan fingerprint density at radius 3 is 2.58 bits per heavy atom. The van der Waals surface area contributed by atoms with Crippen LogP contribution in [0.25, 0.3) is 0 Å². The second-order valence-corrected chi connectivity index (χ2v) is 10.9. The molecule has 5 nitrogen and oxygen atoms in total. The van der Waals surface area contributed by atoms with E-state index in [0.29, 0.717) is 22.7 Å². The molecule has 0 atom stereocenters. The van der Waals surface area contributed by atoms with Crippen LogP contribution in [-0.2, 0) is 23.0 Å². The van der Waals surface area contributed by atoms with Crippen LogP contribution in [0.5, 0.6) is 0 Å². The van der Waals surface area contributed by atoms with E-state index in [1.54, 1.807) is 19.1 Å². The molecular formula is C23H27BrN2O3S2. The Bertz CT molecular complexity index is 1020. The summed E-state index contributed by atoms with van der Waals surface area (Å²) in [6.45, 7) is 8.45. The van der Waals surface area contributed by atoms with Crippen LogP contribution in [0.3, 0.4) is 0 Å². The fourth-order valence-electron chi connectivity index (χ4n) is 3.65. The van der Waals surface area contributed by atoms with Gasteiger partial charge in [-0.3, -0.25) is 10.1 Å². The fourth-order valence-corrected chi connectivity index (χ4v) is 6.16. The van der Waals surface area contributed by atoms with Crippen LogP contribution in [0.4, 0.5) is 5.00 Å². The van der Waals surface area contributed by atoms with Gasteiger partial charge in [-0.05, 0) is 73.5 Å². The number of thiophene rings is 1. The molecule has 0 aliphatic heterocycles. The van der Waals surface area contributed by atoms with Crippen molar-refractivity contribution in [3.05, 3.63) is 49.8 Å². The molecule has 8 heteroatoms. The fraction of sp³-hybridized carbons (Fsp3) is 0.435. The quantitative estimate of drug-likeness (QED) is 0.381. The third-order valence-electron chi connectivity index (χ3n) is 5.14. The highest BCUT2D eigenvalue weighted by Crippen LogP contribution is 2.38. The van der Waals surface area contributed by atoms with Crippen molar-refractivity contribution < 1.29 is 14.3 Å². The number of thiocarbonyl (C=S) groups is 1. The molecule has 2 N–H and O–H groups in total. The third-order valence-corrected chi connectivity index (χ3v) is 7.21. The highest BCUT2D eigenvalue weighted by Gasteiger charge is 2.27. The topological polar surface area (TPSA) is 67.4 Å². The Morgan fingerprint density at radius 1 is 1.23 bits per heavy atom. The van der Waals surface area contributed by atoms with E-state index in [9.17, 15) is 9.59 Å². The average molecular weight is 524 g/mol. The lowest BCUT2D eigenvalue weighted by Crippen LogP contribution is -2.34. The van der Waals surface area contributed by atoms with Gasteiger partial charge in [0.05, 0.1) is 12.2 Å². The van der Waals surface area contributed by atoms with Gasteiger partial charge in [0, 0.05) is 14.9 Å². The lowest BCUT2D eigenvalue weighted by molar-refractivity contribution is 0.0526. The summed E-state index contributed by atoms with van der Waals surface area (Å²) in [6.07, 6.45) is 3.96. The zero-order chi connectivity index (χ0) is 22.8. The zero-order valence-electron chi connectivity index (χ0n) is 18.2. The molecule has 0 saturated carbocycles. The number of fused-ring (bicyclic) bond motifs is 1. The lowest BCUT2D eigenvalue weighted by Gasteiger charge is -2.21. The van der Waals surface area contributed by atoms with Gasteiger partial charge in [0.2, 0.25) is 0 Å². The van der Waals surface area contributed by atoms with Crippen molar-refractivity contribution >= 4 is 61.5 Å². The molecule has 0 saturated heterocycles. The Labute approximate surface area is 201 Å². The summed E-state index contributed by atoms with van der Waals surface area (Å²) in [4.78, 5) is 26.5.